The van der Waals surface area contributed by atoms with Crippen LogP contribution in [0.2, 0.25) is 0 Å². The fourth-order valence-electron chi connectivity index (χ4n) is 2.99. The van der Waals surface area contributed by atoms with Gasteiger partial charge >= 0.3 is 0 Å². The Balaban J connectivity index is 1.77. The van der Waals surface area contributed by atoms with Gasteiger partial charge < -0.3 is 0 Å². The minimum absolute atomic E-state index is 0.227. The number of aromatic amines is 1. The molecule has 0 unspecified atom stereocenters. The summed E-state index contributed by atoms with van der Waals surface area (Å²) in [5.41, 5.74) is 5.09. The molecule has 6 nitrogen and oxygen atoms in total. The Labute approximate surface area is 171 Å². The van der Waals surface area contributed by atoms with E-state index in [0.29, 0.717) is 22.5 Å². The molecule has 0 saturated carbocycles. The average Bonchev–Trinajstić information content (AvgIpc) is 3.39. The molecule has 0 aliphatic heterocycles. The van der Waals surface area contributed by atoms with E-state index in [1.165, 1.54) is 16.0 Å². The van der Waals surface area contributed by atoms with Gasteiger partial charge in [0, 0.05) is 11.3 Å². The van der Waals surface area contributed by atoms with Crippen LogP contribution in [0.3, 0.4) is 0 Å². The zero-order valence-corrected chi connectivity index (χ0v) is 16.4. The lowest BCUT2D eigenvalue weighted by Gasteiger charge is -2.04. The van der Waals surface area contributed by atoms with Crippen LogP contribution >= 0.6 is 11.3 Å². The van der Waals surface area contributed by atoms with E-state index < -0.39 is 0 Å². The first-order chi connectivity index (χ1) is 14.1. The lowest BCUT2D eigenvalue weighted by Crippen LogP contribution is -2.25. The highest BCUT2D eigenvalue weighted by Crippen LogP contribution is 2.17. The third-order valence-electron chi connectivity index (χ3n) is 4.38. The molecule has 2 aromatic carbocycles. The van der Waals surface area contributed by atoms with Crippen LogP contribution in [0.5, 0.6) is 0 Å². The third kappa shape index (κ3) is 3.81. The summed E-state index contributed by atoms with van der Waals surface area (Å²) in [5, 5.41) is 9.35. The second kappa shape index (κ2) is 8.12. The number of benzene rings is 2. The molecular formula is C22H18N4O2S. The topological polar surface area (TPSA) is 79.2 Å². The van der Waals surface area contributed by atoms with Crippen molar-refractivity contribution in [2.24, 2.45) is 5.10 Å². The summed E-state index contributed by atoms with van der Waals surface area (Å²) in [6, 6.07) is 21.9. The van der Waals surface area contributed by atoms with E-state index in [0.717, 1.165) is 10.6 Å². The number of aromatic nitrogens is 2. The van der Waals surface area contributed by atoms with Crippen LogP contribution in [0.25, 0.3) is 5.69 Å². The number of para-hydroxylation sites is 1. The molecule has 1 amide bonds. The minimum Gasteiger partial charge on any atom is -0.295 e. The van der Waals surface area contributed by atoms with Crippen LogP contribution in [0, 0.1) is 6.92 Å². The lowest BCUT2D eigenvalue weighted by atomic mass is 10.1. The first kappa shape index (κ1) is 18.6. The van der Waals surface area contributed by atoms with Gasteiger partial charge in [0.25, 0.3) is 11.5 Å². The Kier molecular flexibility index (Phi) is 5.22. The van der Waals surface area contributed by atoms with Gasteiger partial charge in [-0.3, -0.25) is 14.7 Å². The molecule has 144 valence electrons. The number of aryl methyl sites for hydroxylation is 1. The van der Waals surface area contributed by atoms with E-state index >= 15 is 0 Å². The Morgan fingerprint density at radius 2 is 1.69 bits per heavy atom. The zero-order chi connectivity index (χ0) is 20.2. The quantitative estimate of drug-likeness (QED) is 0.394. The van der Waals surface area contributed by atoms with Crippen LogP contribution in [0.15, 0.2) is 88.1 Å². The molecule has 29 heavy (non-hydrogen) atoms. The van der Waals surface area contributed by atoms with Gasteiger partial charge in [-0.2, -0.15) is 5.10 Å². The van der Waals surface area contributed by atoms with Gasteiger partial charge in [0.1, 0.15) is 5.71 Å². The van der Waals surface area contributed by atoms with Crippen LogP contribution in [-0.4, -0.2) is 21.4 Å². The second-order valence-corrected chi connectivity index (χ2v) is 7.28. The molecule has 0 saturated heterocycles. The molecule has 0 radical (unpaired) electrons. The Morgan fingerprint density at radius 3 is 2.34 bits per heavy atom. The smallest absolute Gasteiger partial charge is 0.281 e. The summed E-state index contributed by atoms with van der Waals surface area (Å²) in [6.07, 6.45) is 0. The molecule has 0 fully saturated rings. The number of rotatable bonds is 5. The fraction of sp³-hybridized carbons (Fsp3) is 0.0455. The minimum atomic E-state index is -0.337. The Bertz CT molecular complexity index is 1210. The number of hydrazone groups is 1. The van der Waals surface area contributed by atoms with E-state index in [1.807, 2.05) is 60.8 Å². The molecule has 0 atom stereocenters. The first-order valence-electron chi connectivity index (χ1n) is 8.99. The largest absolute Gasteiger partial charge is 0.295 e. The predicted octanol–water partition coefficient (Wildman–Crippen LogP) is 3.72. The summed E-state index contributed by atoms with van der Waals surface area (Å²) in [7, 11) is 0. The molecular weight excluding hydrogens is 384 g/mol. The monoisotopic (exact) mass is 402 g/mol. The van der Waals surface area contributed by atoms with Crippen LogP contribution in [0.4, 0.5) is 0 Å². The van der Waals surface area contributed by atoms with Crippen LogP contribution < -0.4 is 11.0 Å². The molecule has 4 aromatic rings. The van der Waals surface area contributed by atoms with Gasteiger partial charge in [-0.05, 0) is 42.6 Å². The number of carbonyl (C=O) groups excluding carboxylic acids is 1. The van der Waals surface area contributed by atoms with Crippen LogP contribution in [-0.2, 0) is 0 Å². The normalized spacial score (nSPS) is 11.4. The van der Waals surface area contributed by atoms with Gasteiger partial charge in [0.2, 0.25) is 0 Å². The number of carbonyl (C=O) groups is 1. The number of amides is 1. The number of hydrogen-bond acceptors (Lipinski definition) is 4. The molecule has 0 aliphatic carbocycles. The van der Waals surface area contributed by atoms with E-state index in [4.69, 9.17) is 0 Å². The summed E-state index contributed by atoms with van der Waals surface area (Å²) in [4.78, 5) is 26.4. The number of thiophene rings is 1. The highest BCUT2D eigenvalue weighted by atomic mass is 32.1. The molecule has 7 heteroatoms. The van der Waals surface area contributed by atoms with Gasteiger partial charge in [-0.1, -0.05) is 42.5 Å². The van der Waals surface area contributed by atoms with Crippen molar-refractivity contribution in [1.29, 1.82) is 0 Å². The molecule has 2 aromatic heterocycles. The third-order valence-corrected chi connectivity index (χ3v) is 5.26. The highest BCUT2D eigenvalue weighted by molar-refractivity contribution is 7.12. The van der Waals surface area contributed by atoms with E-state index in [-0.39, 0.29) is 11.5 Å². The lowest BCUT2D eigenvalue weighted by molar-refractivity contribution is 0.0955. The predicted molar refractivity (Wildman–Crippen MR) is 115 cm³/mol. The first-order valence-corrected chi connectivity index (χ1v) is 9.87. The van der Waals surface area contributed by atoms with Crippen molar-refractivity contribution in [2.45, 2.75) is 6.92 Å². The summed E-state index contributed by atoms with van der Waals surface area (Å²) < 4.78 is 1.48. The van der Waals surface area contributed by atoms with Crippen molar-refractivity contribution < 1.29 is 4.79 Å². The van der Waals surface area contributed by atoms with Crippen molar-refractivity contribution in [3.8, 4) is 5.69 Å². The Morgan fingerprint density at radius 1 is 1.00 bits per heavy atom. The molecule has 2 heterocycles. The molecule has 0 bridgehead atoms. The molecule has 0 spiro atoms. The number of nitrogens with one attached hydrogen (secondary N) is 2. The SMILES string of the molecule is Cc1[nH]n(-c2ccccc2)c(=O)c1/C(=N\NC(=O)c1ccccc1)c1cccs1. The van der Waals surface area contributed by atoms with Crippen molar-refractivity contribution in [3.05, 3.63) is 110 Å². The van der Waals surface area contributed by atoms with E-state index in [1.54, 1.807) is 24.3 Å². The second-order valence-electron chi connectivity index (χ2n) is 6.33. The maximum absolute atomic E-state index is 13.2. The van der Waals surface area contributed by atoms with Gasteiger partial charge in [-0.15, -0.1) is 11.3 Å². The average molecular weight is 402 g/mol. The van der Waals surface area contributed by atoms with Crippen LogP contribution in [0.1, 0.15) is 26.5 Å². The summed E-state index contributed by atoms with van der Waals surface area (Å²) in [6.45, 7) is 1.82. The highest BCUT2D eigenvalue weighted by Gasteiger charge is 2.20. The van der Waals surface area contributed by atoms with E-state index in [9.17, 15) is 9.59 Å². The van der Waals surface area contributed by atoms with Gasteiger partial charge in [0.05, 0.1) is 16.1 Å². The van der Waals surface area contributed by atoms with Crippen molar-refractivity contribution in [2.75, 3.05) is 0 Å². The summed E-state index contributed by atoms with van der Waals surface area (Å²) in [5.74, 6) is -0.337. The maximum atomic E-state index is 13.2. The number of H-pyrrole nitrogens is 1. The fourth-order valence-corrected chi connectivity index (χ4v) is 3.71. The Hall–Kier alpha value is -3.71. The van der Waals surface area contributed by atoms with Crippen molar-refractivity contribution in [1.82, 2.24) is 15.2 Å². The van der Waals surface area contributed by atoms with Gasteiger partial charge in [0.15, 0.2) is 0 Å². The molecule has 4 rings (SSSR count). The summed E-state index contributed by atoms with van der Waals surface area (Å²) >= 11 is 1.45. The van der Waals surface area contributed by atoms with E-state index in [2.05, 4.69) is 15.6 Å². The van der Waals surface area contributed by atoms with Crippen molar-refractivity contribution >= 4 is 23.0 Å². The molecule has 0 aliphatic rings. The maximum Gasteiger partial charge on any atom is 0.281 e. The zero-order valence-electron chi connectivity index (χ0n) is 15.6. The van der Waals surface area contributed by atoms with Gasteiger partial charge in [-0.25, -0.2) is 10.1 Å². The van der Waals surface area contributed by atoms with Crippen molar-refractivity contribution in [3.63, 3.8) is 0 Å². The standard InChI is InChI=1S/C22H18N4O2S/c1-15-19(22(28)26(25-15)17-11-6-3-7-12-17)20(18-13-8-14-29-18)23-24-21(27)16-9-4-2-5-10-16/h2-14,25H,1H3,(H,24,27)/b23-20-. The number of nitrogens with zero attached hydrogens (tertiary/aromatic N) is 2. The number of hydrogen-bond donors (Lipinski definition) is 2. The molecule has 2 N–H and O–H groups in total.